The van der Waals surface area contributed by atoms with Gasteiger partial charge in [-0.25, -0.2) is 0 Å². The van der Waals surface area contributed by atoms with E-state index in [0.29, 0.717) is 13.0 Å². The molecule has 0 amide bonds. The molecule has 0 saturated carbocycles. The highest BCUT2D eigenvalue weighted by Crippen LogP contribution is 2.22. The van der Waals surface area contributed by atoms with E-state index in [1.165, 1.54) is 96.3 Å². The summed E-state index contributed by atoms with van der Waals surface area (Å²) in [5.74, 6) is -0.359. The maximum absolute atomic E-state index is 12.8. The Kier molecular flexibility index (Phi) is 43.7. The SMILES string of the molecule is CC/C=C\C/C=C\C/C=C\C/C=C\C/C=C\C/C=C\CCCCC(=O)OC(COCCCCCCCCCCCC/C=C\C/C=C\CCCCCCC)COC1OC(CO)C(O)C(O)C1O. The molecule has 6 atom stereocenters. The van der Waals surface area contributed by atoms with Gasteiger partial charge in [-0.15, -0.1) is 0 Å². The summed E-state index contributed by atoms with van der Waals surface area (Å²) in [6.07, 6.45) is 58.7. The van der Waals surface area contributed by atoms with Crippen LogP contribution in [0.25, 0.3) is 0 Å². The van der Waals surface area contributed by atoms with Gasteiger partial charge in [-0.05, 0) is 96.3 Å². The largest absolute Gasteiger partial charge is 0.457 e. The van der Waals surface area contributed by atoms with Gasteiger partial charge in [0.15, 0.2) is 6.29 Å². The van der Waals surface area contributed by atoms with Crippen LogP contribution in [0.15, 0.2) is 97.2 Å². The lowest BCUT2D eigenvalue weighted by Gasteiger charge is -2.39. The van der Waals surface area contributed by atoms with Crippen molar-refractivity contribution in [1.29, 1.82) is 0 Å². The maximum Gasteiger partial charge on any atom is 0.306 e. The smallest absolute Gasteiger partial charge is 0.306 e. The van der Waals surface area contributed by atoms with E-state index in [9.17, 15) is 25.2 Å². The Morgan fingerprint density at radius 2 is 0.924 bits per heavy atom. The average molecular weight is 925 g/mol. The van der Waals surface area contributed by atoms with Gasteiger partial charge in [-0.3, -0.25) is 4.79 Å². The van der Waals surface area contributed by atoms with Crippen molar-refractivity contribution in [3.63, 3.8) is 0 Å². The Morgan fingerprint density at radius 3 is 1.39 bits per heavy atom. The maximum atomic E-state index is 12.8. The number of unbranched alkanes of at least 4 members (excludes halogenated alkanes) is 17. The Balaban J connectivity index is 2.25. The number of hydrogen-bond acceptors (Lipinski definition) is 9. The Labute approximate surface area is 402 Å². The molecule has 4 N–H and O–H groups in total. The van der Waals surface area contributed by atoms with E-state index in [0.717, 1.165) is 70.6 Å². The summed E-state index contributed by atoms with van der Waals surface area (Å²) in [5.41, 5.74) is 0. The van der Waals surface area contributed by atoms with Crippen LogP contribution in [0.1, 0.15) is 194 Å². The quantitative estimate of drug-likeness (QED) is 0.0268. The third-order valence-electron chi connectivity index (χ3n) is 11.5. The molecule has 9 nitrogen and oxygen atoms in total. The highest BCUT2D eigenvalue weighted by Gasteiger charge is 2.44. The Morgan fingerprint density at radius 1 is 0.500 bits per heavy atom. The number of esters is 1. The van der Waals surface area contributed by atoms with Crippen LogP contribution in [0.3, 0.4) is 0 Å². The van der Waals surface area contributed by atoms with Gasteiger partial charge in [-0.1, -0.05) is 188 Å². The molecule has 0 radical (unpaired) electrons. The number of aliphatic hydroxyl groups excluding tert-OH is 4. The molecule has 0 spiro atoms. The number of carbonyl (C=O) groups is 1. The highest BCUT2D eigenvalue weighted by molar-refractivity contribution is 5.69. The van der Waals surface area contributed by atoms with E-state index in [4.69, 9.17) is 18.9 Å². The van der Waals surface area contributed by atoms with E-state index in [-0.39, 0.29) is 25.6 Å². The molecule has 378 valence electrons. The van der Waals surface area contributed by atoms with Crippen LogP contribution in [0, 0.1) is 0 Å². The number of carbonyl (C=O) groups excluding carboxylic acids is 1. The zero-order valence-corrected chi connectivity index (χ0v) is 41.7. The van der Waals surface area contributed by atoms with E-state index in [1.807, 2.05) is 0 Å². The van der Waals surface area contributed by atoms with Gasteiger partial charge in [0.05, 0.1) is 19.8 Å². The van der Waals surface area contributed by atoms with E-state index < -0.39 is 43.4 Å². The van der Waals surface area contributed by atoms with Gasteiger partial charge < -0.3 is 39.4 Å². The molecule has 1 fully saturated rings. The van der Waals surface area contributed by atoms with Crippen LogP contribution in [-0.4, -0.2) is 89.6 Å². The first-order valence-corrected chi connectivity index (χ1v) is 26.3. The van der Waals surface area contributed by atoms with Gasteiger partial charge in [0.2, 0.25) is 0 Å². The van der Waals surface area contributed by atoms with Crippen molar-refractivity contribution in [3.05, 3.63) is 97.2 Å². The zero-order valence-electron chi connectivity index (χ0n) is 41.7. The third kappa shape index (κ3) is 37.1. The molecule has 1 aliphatic rings. The number of allylic oxidation sites excluding steroid dienone is 16. The molecular formula is C57H96O9. The minimum atomic E-state index is -1.55. The van der Waals surface area contributed by atoms with Crippen LogP contribution in [0.2, 0.25) is 0 Å². The standard InChI is InChI=1S/C57H96O9/c1-3-5-7-9-11-13-15-17-19-21-23-25-27-29-31-33-35-37-39-41-43-45-47-63-49-51(50-64-57-56(62)55(61)54(60)52(48-58)66-57)65-53(59)46-44-42-40-38-36-34-32-30-28-26-24-22-20-18-16-14-12-10-8-6-4-2/h6,8,12,14-15,17-18,20-21,23-24,26,30,32,36,38,51-52,54-58,60-62H,3-5,7,9-11,13,16,19,22,25,27-29,31,33-35,37,39-50H2,1-2H3/b8-6-,14-12-,17-15-,20-18-,23-21-,26-24-,32-30-,38-36-. The molecule has 1 heterocycles. The van der Waals surface area contributed by atoms with Crippen LogP contribution in [0.5, 0.6) is 0 Å². The number of ether oxygens (including phenoxy) is 4. The highest BCUT2D eigenvalue weighted by atomic mass is 16.7. The molecule has 0 aromatic carbocycles. The monoisotopic (exact) mass is 925 g/mol. The summed E-state index contributed by atoms with van der Waals surface area (Å²) in [6.45, 7) is 4.37. The average Bonchev–Trinajstić information content (AvgIpc) is 3.32. The lowest BCUT2D eigenvalue weighted by atomic mass is 9.99. The molecule has 66 heavy (non-hydrogen) atoms. The molecule has 1 rings (SSSR count). The van der Waals surface area contributed by atoms with Crippen molar-refractivity contribution in [2.45, 2.75) is 230 Å². The predicted molar refractivity (Wildman–Crippen MR) is 274 cm³/mol. The molecule has 1 saturated heterocycles. The summed E-state index contributed by atoms with van der Waals surface area (Å²) in [6, 6.07) is 0. The molecule has 0 aromatic heterocycles. The van der Waals surface area contributed by atoms with Crippen molar-refractivity contribution in [2.24, 2.45) is 0 Å². The molecule has 9 heteroatoms. The van der Waals surface area contributed by atoms with Crippen molar-refractivity contribution >= 4 is 5.97 Å². The Hall–Kier alpha value is -2.89. The van der Waals surface area contributed by atoms with Gasteiger partial charge >= 0.3 is 5.97 Å². The van der Waals surface area contributed by atoms with Crippen molar-refractivity contribution < 1.29 is 44.2 Å². The van der Waals surface area contributed by atoms with Crippen LogP contribution in [0.4, 0.5) is 0 Å². The predicted octanol–water partition coefficient (Wildman–Crippen LogP) is 13.1. The summed E-state index contributed by atoms with van der Waals surface area (Å²) in [7, 11) is 0. The van der Waals surface area contributed by atoms with Crippen molar-refractivity contribution in [3.8, 4) is 0 Å². The number of hydrogen-bond donors (Lipinski definition) is 4. The first kappa shape index (κ1) is 61.1. The van der Waals surface area contributed by atoms with Gasteiger partial charge in [0.25, 0.3) is 0 Å². The molecule has 6 unspecified atom stereocenters. The van der Waals surface area contributed by atoms with E-state index >= 15 is 0 Å². The zero-order chi connectivity index (χ0) is 47.8. The first-order chi connectivity index (χ1) is 32.4. The Bertz CT molecular complexity index is 1330. The van der Waals surface area contributed by atoms with E-state index in [1.54, 1.807) is 0 Å². The second-order valence-corrected chi connectivity index (χ2v) is 17.6. The van der Waals surface area contributed by atoms with Crippen molar-refractivity contribution in [2.75, 3.05) is 26.4 Å². The summed E-state index contributed by atoms with van der Waals surface area (Å²) < 4.78 is 22.9. The van der Waals surface area contributed by atoms with Crippen LogP contribution in [-0.2, 0) is 23.7 Å². The van der Waals surface area contributed by atoms with Crippen LogP contribution >= 0.6 is 0 Å². The molecule has 0 aliphatic carbocycles. The minimum Gasteiger partial charge on any atom is -0.457 e. The fourth-order valence-electron chi connectivity index (χ4n) is 7.41. The summed E-state index contributed by atoms with van der Waals surface area (Å²) in [4.78, 5) is 12.8. The van der Waals surface area contributed by atoms with Gasteiger partial charge in [-0.2, -0.15) is 0 Å². The van der Waals surface area contributed by atoms with Gasteiger partial charge in [0.1, 0.15) is 30.5 Å². The van der Waals surface area contributed by atoms with Crippen molar-refractivity contribution in [1.82, 2.24) is 0 Å². The molecular weight excluding hydrogens is 829 g/mol. The molecule has 0 aromatic rings. The number of aliphatic hydroxyl groups is 4. The van der Waals surface area contributed by atoms with Crippen LogP contribution < -0.4 is 0 Å². The third-order valence-corrected chi connectivity index (χ3v) is 11.5. The minimum absolute atomic E-state index is 0.119. The summed E-state index contributed by atoms with van der Waals surface area (Å²) in [5, 5.41) is 40.3. The summed E-state index contributed by atoms with van der Waals surface area (Å²) >= 11 is 0. The second-order valence-electron chi connectivity index (χ2n) is 17.6. The number of rotatable bonds is 44. The van der Waals surface area contributed by atoms with E-state index in [2.05, 4.69) is 111 Å². The normalized spacial score (nSPS) is 20.1. The topological polar surface area (TPSA) is 135 Å². The lowest BCUT2D eigenvalue weighted by molar-refractivity contribution is -0.305. The lowest BCUT2D eigenvalue weighted by Crippen LogP contribution is -2.59. The molecule has 0 bridgehead atoms. The fourth-order valence-corrected chi connectivity index (χ4v) is 7.41. The van der Waals surface area contributed by atoms with Gasteiger partial charge in [0, 0.05) is 13.0 Å². The fraction of sp³-hybridized carbons (Fsp3) is 0.702. The second kappa shape index (κ2) is 47.2. The first-order valence-electron chi connectivity index (χ1n) is 26.3. The molecule has 1 aliphatic heterocycles.